The molecule has 0 aromatic heterocycles. The highest BCUT2D eigenvalue weighted by Gasteiger charge is 2.48. The van der Waals surface area contributed by atoms with Crippen LogP contribution in [0, 0.1) is 5.92 Å². The predicted octanol–water partition coefficient (Wildman–Crippen LogP) is 2.33. The van der Waals surface area contributed by atoms with E-state index in [1.54, 1.807) is 0 Å². The van der Waals surface area contributed by atoms with Crippen molar-refractivity contribution in [3.63, 3.8) is 0 Å². The highest BCUT2D eigenvalue weighted by Crippen LogP contribution is 2.39. The number of nitrogens with zero attached hydrogens (tertiary/aromatic N) is 2. The summed E-state index contributed by atoms with van der Waals surface area (Å²) >= 11 is 1.44. The van der Waals surface area contributed by atoms with Gasteiger partial charge in [0.25, 0.3) is 5.91 Å². The molecule has 2 fully saturated rings. The van der Waals surface area contributed by atoms with E-state index >= 15 is 0 Å². The maximum atomic E-state index is 12.2. The molecule has 2 heterocycles. The van der Waals surface area contributed by atoms with E-state index in [4.69, 9.17) is 0 Å². The van der Waals surface area contributed by atoms with Crippen molar-refractivity contribution >= 4 is 32.7 Å². The molecule has 1 aromatic rings. The molecule has 3 atom stereocenters. The summed E-state index contributed by atoms with van der Waals surface area (Å²) in [6, 6.07) is 9.80. The lowest BCUT2D eigenvalue weighted by Crippen LogP contribution is -2.37. The summed E-state index contributed by atoms with van der Waals surface area (Å²) in [5, 5.41) is 0.649. The van der Waals surface area contributed by atoms with Gasteiger partial charge in [-0.3, -0.25) is 4.79 Å². The van der Waals surface area contributed by atoms with Crippen molar-refractivity contribution in [2.24, 2.45) is 10.9 Å². The normalized spacial score (nSPS) is 28.1. The van der Waals surface area contributed by atoms with E-state index in [9.17, 15) is 13.2 Å². The molecule has 2 aliphatic heterocycles. The highest BCUT2D eigenvalue weighted by molar-refractivity contribution is 8.15. The molecule has 0 bridgehead atoms. The lowest BCUT2D eigenvalue weighted by Gasteiger charge is -2.24. The van der Waals surface area contributed by atoms with Crippen LogP contribution in [0.25, 0.3) is 0 Å². The number of fused-ring (bicyclic) bond motifs is 1. The number of amidine groups is 1. The molecule has 1 aromatic carbocycles. The minimum absolute atomic E-state index is 0.0257. The van der Waals surface area contributed by atoms with Crippen molar-refractivity contribution < 1.29 is 13.2 Å². The number of hydrogen-bond donors (Lipinski definition) is 0. The Morgan fingerprint density at radius 1 is 1.33 bits per heavy atom. The third-order valence-electron chi connectivity index (χ3n) is 4.61. The van der Waals surface area contributed by atoms with E-state index in [1.807, 2.05) is 49.1 Å². The van der Waals surface area contributed by atoms with Gasteiger partial charge < -0.3 is 4.90 Å². The molecule has 24 heavy (non-hydrogen) atoms. The van der Waals surface area contributed by atoms with Crippen LogP contribution in [-0.4, -0.2) is 47.2 Å². The second kappa shape index (κ2) is 6.88. The average molecular weight is 367 g/mol. The summed E-state index contributed by atoms with van der Waals surface area (Å²) in [7, 11) is -3.01. The molecule has 1 amide bonds. The minimum atomic E-state index is -3.01. The molecular weight excluding hydrogens is 344 g/mol. The van der Waals surface area contributed by atoms with Crippen LogP contribution in [0.3, 0.4) is 0 Å². The minimum Gasteiger partial charge on any atom is -0.342 e. The zero-order valence-electron chi connectivity index (χ0n) is 13.9. The molecule has 0 spiro atoms. The number of carbonyl (C=O) groups excluding carboxylic acids is 1. The van der Waals surface area contributed by atoms with Crippen molar-refractivity contribution in [3.05, 3.63) is 35.9 Å². The Balaban J connectivity index is 1.88. The maximum absolute atomic E-state index is 12.2. The summed E-state index contributed by atoms with van der Waals surface area (Å²) in [5.41, 5.74) is 1.09. The number of hydrogen-bond acceptors (Lipinski definition) is 4. The first-order valence-electron chi connectivity index (χ1n) is 8.20. The van der Waals surface area contributed by atoms with Gasteiger partial charge in [0.15, 0.2) is 15.0 Å². The van der Waals surface area contributed by atoms with Crippen molar-refractivity contribution in [1.82, 2.24) is 4.90 Å². The molecule has 2 aliphatic rings. The van der Waals surface area contributed by atoms with Crippen LogP contribution in [-0.2, 0) is 21.2 Å². The first-order chi connectivity index (χ1) is 11.4. The Bertz CT molecular complexity index is 746. The summed E-state index contributed by atoms with van der Waals surface area (Å²) < 4.78 is 24.0. The molecule has 7 heteroatoms. The molecule has 2 saturated heterocycles. The smallest absolute Gasteiger partial charge is 0.250 e. The summed E-state index contributed by atoms with van der Waals surface area (Å²) in [5.74, 6) is 0.0832. The first kappa shape index (κ1) is 17.5. The SMILES string of the molecule is CC[C@@H](C)C(=O)N=C1S[C@H]2CS(=O)(=O)C[C@H]2N1Cc1ccccc1. The molecule has 0 N–H and O–H groups in total. The number of amides is 1. The standard InChI is InChI=1S/C17H22N2O3S2/c1-3-12(2)16(20)18-17-19(9-13-7-5-4-6-8-13)14-10-24(21,22)11-15(14)23-17/h4-8,12,14-15H,3,9-11H2,1-2H3/t12-,14-,15+/m1/s1. The Hall–Kier alpha value is -1.34. The van der Waals surface area contributed by atoms with Crippen LogP contribution >= 0.6 is 11.8 Å². The van der Waals surface area contributed by atoms with E-state index in [-0.39, 0.29) is 34.6 Å². The lowest BCUT2D eigenvalue weighted by molar-refractivity contribution is -0.121. The van der Waals surface area contributed by atoms with Crippen molar-refractivity contribution in [2.75, 3.05) is 11.5 Å². The van der Waals surface area contributed by atoms with E-state index in [0.717, 1.165) is 12.0 Å². The largest absolute Gasteiger partial charge is 0.342 e. The van der Waals surface area contributed by atoms with Crippen LogP contribution < -0.4 is 0 Å². The predicted molar refractivity (Wildman–Crippen MR) is 97.7 cm³/mol. The van der Waals surface area contributed by atoms with Crippen molar-refractivity contribution in [3.8, 4) is 0 Å². The Kier molecular flexibility index (Phi) is 5.01. The lowest BCUT2D eigenvalue weighted by atomic mass is 10.1. The van der Waals surface area contributed by atoms with Crippen molar-refractivity contribution in [2.45, 2.75) is 38.1 Å². The number of carbonyl (C=O) groups is 1. The first-order valence-corrected chi connectivity index (χ1v) is 10.9. The number of benzene rings is 1. The molecule has 0 saturated carbocycles. The van der Waals surface area contributed by atoms with Crippen LogP contribution in [0.15, 0.2) is 35.3 Å². The molecule has 0 radical (unpaired) electrons. The monoisotopic (exact) mass is 366 g/mol. The number of sulfone groups is 1. The Morgan fingerprint density at radius 3 is 2.71 bits per heavy atom. The van der Waals surface area contributed by atoms with E-state index < -0.39 is 9.84 Å². The van der Waals surface area contributed by atoms with E-state index in [0.29, 0.717) is 11.7 Å². The molecular formula is C17H22N2O3S2. The Labute approximate surface area is 147 Å². The van der Waals surface area contributed by atoms with Gasteiger partial charge in [0.2, 0.25) is 0 Å². The van der Waals surface area contributed by atoms with E-state index in [1.165, 1.54) is 11.8 Å². The zero-order valence-corrected chi connectivity index (χ0v) is 15.5. The number of rotatable bonds is 4. The quantitative estimate of drug-likeness (QED) is 0.818. The molecule has 5 nitrogen and oxygen atoms in total. The summed E-state index contributed by atoms with van der Waals surface area (Å²) in [4.78, 5) is 18.6. The van der Waals surface area contributed by atoms with Gasteiger partial charge >= 0.3 is 0 Å². The van der Waals surface area contributed by atoms with Gasteiger partial charge in [-0.1, -0.05) is 55.9 Å². The fourth-order valence-corrected chi connectivity index (χ4v) is 6.94. The molecule has 3 rings (SSSR count). The second-order valence-corrected chi connectivity index (χ2v) is 9.82. The van der Waals surface area contributed by atoms with Gasteiger partial charge in [-0.15, -0.1) is 0 Å². The topological polar surface area (TPSA) is 66.8 Å². The average Bonchev–Trinajstić information content (AvgIpc) is 3.00. The summed E-state index contributed by atoms with van der Waals surface area (Å²) in [6.07, 6.45) is 0.750. The van der Waals surface area contributed by atoms with Gasteiger partial charge in [-0.25, -0.2) is 8.42 Å². The molecule has 0 unspecified atom stereocenters. The molecule has 130 valence electrons. The van der Waals surface area contributed by atoms with Gasteiger partial charge in [-0.05, 0) is 12.0 Å². The maximum Gasteiger partial charge on any atom is 0.250 e. The molecule has 0 aliphatic carbocycles. The van der Waals surface area contributed by atoms with Crippen LogP contribution in [0.2, 0.25) is 0 Å². The third kappa shape index (κ3) is 3.67. The fraction of sp³-hybridized carbons (Fsp3) is 0.529. The van der Waals surface area contributed by atoms with Gasteiger partial charge in [0, 0.05) is 17.7 Å². The van der Waals surface area contributed by atoms with Crippen LogP contribution in [0.5, 0.6) is 0 Å². The number of thioether (sulfide) groups is 1. The third-order valence-corrected chi connectivity index (χ3v) is 7.86. The van der Waals surface area contributed by atoms with Gasteiger partial charge in [0.1, 0.15) is 0 Å². The summed E-state index contributed by atoms with van der Waals surface area (Å²) in [6.45, 7) is 4.42. The van der Waals surface area contributed by atoms with Gasteiger partial charge in [-0.2, -0.15) is 4.99 Å². The Morgan fingerprint density at radius 2 is 2.04 bits per heavy atom. The van der Waals surface area contributed by atoms with Crippen molar-refractivity contribution in [1.29, 1.82) is 0 Å². The van der Waals surface area contributed by atoms with Gasteiger partial charge in [0.05, 0.1) is 17.5 Å². The fourth-order valence-electron chi connectivity index (χ4n) is 2.98. The highest BCUT2D eigenvalue weighted by atomic mass is 32.2. The zero-order chi connectivity index (χ0) is 17.3. The number of aliphatic imine (C=N–C) groups is 1. The van der Waals surface area contributed by atoms with E-state index in [2.05, 4.69) is 4.99 Å². The second-order valence-electron chi connectivity index (χ2n) is 6.46. The van der Waals surface area contributed by atoms with Crippen LogP contribution in [0.1, 0.15) is 25.8 Å². The van der Waals surface area contributed by atoms with Crippen LogP contribution in [0.4, 0.5) is 0 Å².